The van der Waals surface area contributed by atoms with Crippen LogP contribution in [0.25, 0.3) is 0 Å². The van der Waals surface area contributed by atoms with Gasteiger partial charge in [-0.25, -0.2) is 9.18 Å². The van der Waals surface area contributed by atoms with Crippen molar-refractivity contribution >= 4 is 33.5 Å². The molecule has 4 nitrogen and oxygen atoms in total. The number of benzene rings is 3. The van der Waals surface area contributed by atoms with Gasteiger partial charge in [-0.1, -0.05) is 66.2 Å². The van der Waals surface area contributed by atoms with E-state index in [1.165, 1.54) is 12.1 Å². The number of halogens is 3. The van der Waals surface area contributed by atoms with Crippen LogP contribution in [0, 0.1) is 11.7 Å². The molecule has 0 unspecified atom stereocenters. The fourth-order valence-electron chi connectivity index (χ4n) is 4.67. The van der Waals surface area contributed by atoms with E-state index in [4.69, 9.17) is 26.2 Å². The number of aliphatic carboxylic acids is 1. The van der Waals surface area contributed by atoms with Crippen molar-refractivity contribution in [3.05, 3.63) is 111 Å². The minimum absolute atomic E-state index is 0.00648. The fourth-order valence-corrected chi connectivity index (χ4v) is 5.36. The molecule has 182 valence electrons. The molecular formula is C28H25BrClFO4. The van der Waals surface area contributed by atoms with Crippen molar-refractivity contribution in [1.29, 1.82) is 0 Å². The van der Waals surface area contributed by atoms with Gasteiger partial charge in [0.05, 0.1) is 16.7 Å². The maximum absolute atomic E-state index is 14.6. The van der Waals surface area contributed by atoms with Crippen molar-refractivity contribution < 1.29 is 23.8 Å². The Morgan fingerprint density at radius 3 is 2.46 bits per heavy atom. The van der Waals surface area contributed by atoms with E-state index in [9.17, 15) is 9.18 Å². The zero-order valence-electron chi connectivity index (χ0n) is 19.1. The van der Waals surface area contributed by atoms with E-state index in [2.05, 4.69) is 22.5 Å². The topological polar surface area (TPSA) is 55.8 Å². The Labute approximate surface area is 217 Å². The van der Waals surface area contributed by atoms with Crippen molar-refractivity contribution in [2.45, 2.75) is 31.5 Å². The van der Waals surface area contributed by atoms with Crippen LogP contribution in [0.2, 0.25) is 5.02 Å². The van der Waals surface area contributed by atoms with E-state index in [1.54, 1.807) is 0 Å². The fraction of sp³-hybridized carbons (Fsp3) is 0.250. The molecule has 0 radical (unpaired) electrons. The third kappa shape index (κ3) is 5.77. The SMILES string of the molecule is C=C(C)[C@H]1C[C@H](c2ccc(Cl)cc2)[C@H](c2ccccc2)O[C@@H]1c1cc(F)cc(Br)c1OCC(=O)O. The molecule has 0 bridgehead atoms. The maximum Gasteiger partial charge on any atom is 0.341 e. The molecule has 35 heavy (non-hydrogen) atoms. The molecule has 1 aliphatic heterocycles. The highest BCUT2D eigenvalue weighted by Crippen LogP contribution is 2.53. The number of carboxylic acid groups (broad SMARTS) is 1. The van der Waals surface area contributed by atoms with Crippen LogP contribution >= 0.6 is 27.5 Å². The quantitative estimate of drug-likeness (QED) is 0.299. The minimum atomic E-state index is -1.13. The number of ether oxygens (including phenoxy) is 2. The first-order chi connectivity index (χ1) is 16.7. The molecule has 4 rings (SSSR count). The number of carboxylic acids is 1. The van der Waals surface area contributed by atoms with Crippen LogP contribution in [0.1, 0.15) is 48.2 Å². The highest BCUT2D eigenvalue weighted by atomic mass is 79.9. The summed E-state index contributed by atoms with van der Waals surface area (Å²) in [6, 6.07) is 20.2. The Balaban J connectivity index is 1.82. The molecular weight excluding hydrogens is 535 g/mol. The van der Waals surface area contributed by atoms with E-state index < -0.39 is 24.5 Å². The van der Waals surface area contributed by atoms with Gasteiger partial charge in [0, 0.05) is 22.4 Å². The van der Waals surface area contributed by atoms with Crippen LogP contribution in [0.15, 0.2) is 83.4 Å². The molecule has 3 aromatic carbocycles. The number of hydrogen-bond donors (Lipinski definition) is 1. The molecule has 7 heteroatoms. The van der Waals surface area contributed by atoms with E-state index in [1.807, 2.05) is 61.5 Å². The Hall–Kier alpha value is -2.67. The lowest BCUT2D eigenvalue weighted by Crippen LogP contribution is -2.32. The summed E-state index contributed by atoms with van der Waals surface area (Å²) in [5, 5.41) is 9.82. The summed E-state index contributed by atoms with van der Waals surface area (Å²) in [7, 11) is 0. The smallest absolute Gasteiger partial charge is 0.341 e. The highest BCUT2D eigenvalue weighted by Gasteiger charge is 2.42. The summed E-state index contributed by atoms with van der Waals surface area (Å²) in [5.41, 5.74) is 3.39. The lowest BCUT2D eigenvalue weighted by atomic mass is 9.74. The molecule has 1 aliphatic rings. The van der Waals surface area contributed by atoms with Crippen LogP contribution in [0.5, 0.6) is 5.75 Å². The van der Waals surface area contributed by atoms with Crippen LogP contribution in [-0.4, -0.2) is 17.7 Å². The second-order valence-electron chi connectivity index (χ2n) is 8.72. The summed E-state index contributed by atoms with van der Waals surface area (Å²) in [6.45, 7) is 5.57. The van der Waals surface area contributed by atoms with Crippen molar-refractivity contribution in [2.75, 3.05) is 6.61 Å². The zero-order valence-corrected chi connectivity index (χ0v) is 21.4. The lowest BCUT2D eigenvalue weighted by molar-refractivity contribution is -0.139. The van der Waals surface area contributed by atoms with Crippen molar-refractivity contribution in [3.8, 4) is 5.75 Å². The van der Waals surface area contributed by atoms with Gasteiger partial charge in [-0.05, 0) is 64.7 Å². The monoisotopic (exact) mass is 558 g/mol. The molecule has 3 aromatic rings. The van der Waals surface area contributed by atoms with Gasteiger partial charge in [-0.3, -0.25) is 0 Å². The second-order valence-corrected chi connectivity index (χ2v) is 10.0. The van der Waals surface area contributed by atoms with Crippen LogP contribution in [0.4, 0.5) is 4.39 Å². The molecule has 0 amide bonds. The van der Waals surface area contributed by atoms with Crippen molar-refractivity contribution in [2.24, 2.45) is 5.92 Å². The molecule has 0 spiro atoms. The Morgan fingerprint density at radius 2 is 1.83 bits per heavy atom. The van der Waals surface area contributed by atoms with E-state index in [-0.39, 0.29) is 23.7 Å². The predicted molar refractivity (Wildman–Crippen MR) is 137 cm³/mol. The number of carbonyl (C=O) groups is 1. The van der Waals surface area contributed by atoms with E-state index in [0.717, 1.165) is 16.7 Å². The molecule has 1 heterocycles. The summed E-state index contributed by atoms with van der Waals surface area (Å²) in [5.74, 6) is -1.53. The Kier molecular flexibility index (Phi) is 7.95. The number of hydrogen-bond acceptors (Lipinski definition) is 3. The predicted octanol–water partition coefficient (Wildman–Crippen LogP) is 7.88. The van der Waals surface area contributed by atoms with Crippen molar-refractivity contribution in [1.82, 2.24) is 0 Å². The standard InChI is InChI=1S/C28H25BrClFO4/c1-16(2)21-14-22(17-8-10-19(30)11-9-17)26(18-6-4-3-5-7-18)35-27(21)23-12-20(31)13-24(29)28(23)34-15-25(32)33/h3-13,21-22,26-27H,1,14-15H2,2H3,(H,32,33)/t21-,22-,26+,27+/m1/s1. The van der Waals surface area contributed by atoms with E-state index >= 15 is 0 Å². The van der Waals surface area contributed by atoms with Crippen LogP contribution in [0.3, 0.4) is 0 Å². The van der Waals surface area contributed by atoms with Gasteiger partial charge >= 0.3 is 5.97 Å². The molecule has 0 aromatic heterocycles. The first kappa shape index (κ1) is 25.4. The molecule has 1 N–H and O–H groups in total. The molecule has 0 aliphatic carbocycles. The van der Waals surface area contributed by atoms with Gasteiger partial charge in [0.15, 0.2) is 6.61 Å². The van der Waals surface area contributed by atoms with Gasteiger partial charge in [0.25, 0.3) is 0 Å². The molecule has 4 atom stereocenters. The average molecular weight is 560 g/mol. The minimum Gasteiger partial charge on any atom is -0.480 e. The second kappa shape index (κ2) is 10.9. The molecule has 1 fully saturated rings. The van der Waals surface area contributed by atoms with Gasteiger partial charge in [-0.2, -0.15) is 0 Å². The van der Waals surface area contributed by atoms with Gasteiger partial charge in [-0.15, -0.1) is 0 Å². The third-order valence-corrected chi connectivity index (χ3v) is 7.12. The summed E-state index contributed by atoms with van der Waals surface area (Å²) in [6.07, 6.45) is -0.252. The summed E-state index contributed by atoms with van der Waals surface area (Å²) in [4.78, 5) is 11.2. The average Bonchev–Trinajstić information content (AvgIpc) is 2.83. The first-order valence-corrected chi connectivity index (χ1v) is 12.4. The molecule has 1 saturated heterocycles. The Morgan fingerprint density at radius 1 is 1.14 bits per heavy atom. The Bertz CT molecular complexity index is 1220. The highest BCUT2D eigenvalue weighted by molar-refractivity contribution is 9.10. The third-order valence-electron chi connectivity index (χ3n) is 6.27. The van der Waals surface area contributed by atoms with Gasteiger partial charge < -0.3 is 14.6 Å². The van der Waals surface area contributed by atoms with Gasteiger partial charge in [0.1, 0.15) is 11.6 Å². The van der Waals surface area contributed by atoms with Crippen LogP contribution < -0.4 is 4.74 Å². The summed E-state index contributed by atoms with van der Waals surface area (Å²) >= 11 is 9.48. The first-order valence-electron chi connectivity index (χ1n) is 11.2. The zero-order chi connectivity index (χ0) is 25.1. The van der Waals surface area contributed by atoms with E-state index in [0.29, 0.717) is 21.5 Å². The normalized spacial score (nSPS) is 21.9. The number of rotatable bonds is 7. The van der Waals surface area contributed by atoms with Crippen molar-refractivity contribution in [3.63, 3.8) is 0 Å². The summed E-state index contributed by atoms with van der Waals surface area (Å²) < 4.78 is 27.3. The largest absolute Gasteiger partial charge is 0.480 e. The molecule has 0 saturated carbocycles. The van der Waals surface area contributed by atoms with Crippen LogP contribution in [-0.2, 0) is 9.53 Å². The maximum atomic E-state index is 14.6. The lowest BCUT2D eigenvalue weighted by Gasteiger charge is -2.43. The van der Waals surface area contributed by atoms with Gasteiger partial charge in [0.2, 0.25) is 0 Å².